The molecule has 2 fully saturated rings. The van der Waals surface area contributed by atoms with Crippen molar-refractivity contribution in [3.8, 4) is 0 Å². The van der Waals surface area contributed by atoms with Gasteiger partial charge in [0.25, 0.3) is 5.91 Å². The summed E-state index contributed by atoms with van der Waals surface area (Å²) in [5, 5.41) is 2.85. The summed E-state index contributed by atoms with van der Waals surface area (Å²) in [5.74, 6) is -0.511. The van der Waals surface area contributed by atoms with E-state index in [1.54, 1.807) is 4.90 Å². The summed E-state index contributed by atoms with van der Waals surface area (Å²) in [6, 6.07) is 7.31. The van der Waals surface area contributed by atoms with Gasteiger partial charge in [-0.3, -0.25) is 14.5 Å². The molecular formula is C18H22N4O3. The SMILES string of the molecule is NC1CCN(C(=O)CN2C(=O)NC3(CCc4ccccc43)C2=O)CC1. The lowest BCUT2D eigenvalue weighted by Gasteiger charge is -2.31. The second kappa shape index (κ2) is 5.84. The van der Waals surface area contributed by atoms with Crippen LogP contribution in [0, 0.1) is 0 Å². The third-order valence-electron chi connectivity index (χ3n) is 5.61. The lowest BCUT2D eigenvalue weighted by molar-refractivity contribution is -0.139. The Morgan fingerprint density at radius 2 is 1.96 bits per heavy atom. The van der Waals surface area contributed by atoms with Crippen LogP contribution in [-0.4, -0.2) is 53.3 Å². The molecule has 1 aromatic carbocycles. The van der Waals surface area contributed by atoms with Crippen LogP contribution in [0.1, 0.15) is 30.4 Å². The van der Waals surface area contributed by atoms with Gasteiger partial charge in [0.15, 0.2) is 0 Å². The number of carbonyl (C=O) groups is 3. The summed E-state index contributed by atoms with van der Waals surface area (Å²) in [6.45, 7) is 0.957. The lowest BCUT2D eigenvalue weighted by Crippen LogP contribution is -2.48. The number of urea groups is 1. The fraction of sp³-hybridized carbons (Fsp3) is 0.500. The zero-order valence-electron chi connectivity index (χ0n) is 14.0. The molecule has 2 aliphatic heterocycles. The van der Waals surface area contributed by atoms with Crippen molar-refractivity contribution < 1.29 is 14.4 Å². The lowest BCUT2D eigenvalue weighted by atomic mass is 9.92. The summed E-state index contributed by atoms with van der Waals surface area (Å²) in [5.41, 5.74) is 6.79. The Labute approximate surface area is 146 Å². The fourth-order valence-corrected chi connectivity index (χ4v) is 4.12. The van der Waals surface area contributed by atoms with Gasteiger partial charge < -0.3 is 16.0 Å². The number of hydrogen-bond acceptors (Lipinski definition) is 4. The predicted octanol–water partition coefficient (Wildman–Crippen LogP) is 0.330. The number of likely N-dealkylation sites (tertiary alicyclic amines) is 1. The molecule has 3 N–H and O–H groups in total. The van der Waals surface area contributed by atoms with E-state index in [2.05, 4.69) is 5.32 Å². The van der Waals surface area contributed by atoms with E-state index in [1.807, 2.05) is 24.3 Å². The van der Waals surface area contributed by atoms with E-state index in [0.717, 1.165) is 35.3 Å². The van der Waals surface area contributed by atoms with E-state index < -0.39 is 11.6 Å². The molecule has 2 saturated heterocycles. The zero-order valence-corrected chi connectivity index (χ0v) is 14.0. The Morgan fingerprint density at radius 3 is 2.72 bits per heavy atom. The molecule has 25 heavy (non-hydrogen) atoms. The van der Waals surface area contributed by atoms with Crippen molar-refractivity contribution in [1.29, 1.82) is 0 Å². The molecule has 4 rings (SSSR count). The van der Waals surface area contributed by atoms with E-state index in [9.17, 15) is 14.4 Å². The third-order valence-corrected chi connectivity index (χ3v) is 5.61. The van der Waals surface area contributed by atoms with Crippen molar-refractivity contribution in [1.82, 2.24) is 15.1 Å². The minimum Gasteiger partial charge on any atom is -0.341 e. The topological polar surface area (TPSA) is 95.7 Å². The molecule has 1 atom stereocenters. The van der Waals surface area contributed by atoms with Crippen LogP contribution in [0.25, 0.3) is 0 Å². The highest BCUT2D eigenvalue weighted by Gasteiger charge is 2.55. The molecule has 132 valence electrons. The third kappa shape index (κ3) is 2.50. The van der Waals surface area contributed by atoms with Gasteiger partial charge in [0.1, 0.15) is 12.1 Å². The van der Waals surface area contributed by atoms with Crippen LogP contribution in [0.4, 0.5) is 4.79 Å². The number of rotatable bonds is 2. The van der Waals surface area contributed by atoms with Crippen molar-refractivity contribution in [3.05, 3.63) is 35.4 Å². The van der Waals surface area contributed by atoms with E-state index in [-0.39, 0.29) is 24.4 Å². The maximum Gasteiger partial charge on any atom is 0.325 e. The maximum absolute atomic E-state index is 13.0. The normalized spacial score (nSPS) is 26.3. The number of amides is 4. The smallest absolute Gasteiger partial charge is 0.325 e. The first-order valence-corrected chi connectivity index (χ1v) is 8.77. The molecule has 3 aliphatic rings. The molecule has 1 spiro atoms. The number of nitrogens with two attached hydrogens (primary N) is 1. The number of aryl methyl sites for hydroxylation is 1. The number of benzene rings is 1. The largest absolute Gasteiger partial charge is 0.341 e. The molecule has 1 aliphatic carbocycles. The number of imide groups is 1. The number of fused-ring (bicyclic) bond motifs is 2. The quantitative estimate of drug-likeness (QED) is 0.757. The number of piperidine rings is 1. The molecule has 7 heteroatoms. The first kappa shape index (κ1) is 16.1. The zero-order chi connectivity index (χ0) is 17.6. The van der Waals surface area contributed by atoms with Crippen LogP contribution in [0.15, 0.2) is 24.3 Å². The molecule has 4 amide bonds. The molecule has 1 unspecified atom stereocenters. The maximum atomic E-state index is 13.0. The summed E-state index contributed by atoms with van der Waals surface area (Å²) in [7, 11) is 0. The molecule has 0 aromatic heterocycles. The fourth-order valence-electron chi connectivity index (χ4n) is 4.12. The summed E-state index contributed by atoms with van der Waals surface area (Å²) < 4.78 is 0. The van der Waals surface area contributed by atoms with Gasteiger partial charge in [0.05, 0.1) is 0 Å². The summed E-state index contributed by atoms with van der Waals surface area (Å²) in [6.07, 6.45) is 2.79. The highest BCUT2D eigenvalue weighted by molar-refractivity contribution is 6.09. The number of hydrogen-bond donors (Lipinski definition) is 2. The first-order chi connectivity index (χ1) is 12.0. The Balaban J connectivity index is 1.52. The molecular weight excluding hydrogens is 320 g/mol. The second-order valence-corrected chi connectivity index (χ2v) is 7.10. The van der Waals surface area contributed by atoms with Gasteiger partial charge in [-0.25, -0.2) is 4.79 Å². The average molecular weight is 342 g/mol. The van der Waals surface area contributed by atoms with E-state index in [1.165, 1.54) is 0 Å². The first-order valence-electron chi connectivity index (χ1n) is 8.77. The Kier molecular flexibility index (Phi) is 3.76. The van der Waals surface area contributed by atoms with Crippen molar-refractivity contribution in [2.45, 2.75) is 37.3 Å². The highest BCUT2D eigenvalue weighted by atomic mass is 16.2. The Morgan fingerprint density at radius 1 is 1.24 bits per heavy atom. The molecule has 0 saturated carbocycles. The Hall–Kier alpha value is -2.41. The van der Waals surface area contributed by atoms with E-state index in [4.69, 9.17) is 5.73 Å². The second-order valence-electron chi connectivity index (χ2n) is 7.10. The minimum atomic E-state index is -1.00. The van der Waals surface area contributed by atoms with Crippen molar-refractivity contribution in [2.75, 3.05) is 19.6 Å². The average Bonchev–Trinajstić information content (AvgIpc) is 3.09. The van der Waals surface area contributed by atoms with Crippen LogP contribution in [-0.2, 0) is 21.5 Å². The number of nitrogens with one attached hydrogen (secondary N) is 1. The number of nitrogens with zero attached hydrogens (tertiary/aromatic N) is 2. The highest BCUT2D eigenvalue weighted by Crippen LogP contribution is 2.41. The summed E-state index contributed by atoms with van der Waals surface area (Å²) >= 11 is 0. The molecule has 0 radical (unpaired) electrons. The van der Waals surface area contributed by atoms with E-state index in [0.29, 0.717) is 19.5 Å². The number of carbonyl (C=O) groups excluding carboxylic acids is 3. The van der Waals surface area contributed by atoms with Gasteiger partial charge in [0.2, 0.25) is 5.91 Å². The van der Waals surface area contributed by atoms with Gasteiger partial charge in [-0.2, -0.15) is 0 Å². The van der Waals surface area contributed by atoms with Gasteiger partial charge in [0, 0.05) is 19.1 Å². The molecule has 0 bridgehead atoms. The van der Waals surface area contributed by atoms with Crippen LogP contribution in [0.2, 0.25) is 0 Å². The van der Waals surface area contributed by atoms with Gasteiger partial charge in [-0.15, -0.1) is 0 Å². The van der Waals surface area contributed by atoms with Crippen molar-refractivity contribution >= 4 is 17.8 Å². The van der Waals surface area contributed by atoms with Gasteiger partial charge >= 0.3 is 6.03 Å². The molecule has 1 aromatic rings. The monoisotopic (exact) mass is 342 g/mol. The van der Waals surface area contributed by atoms with Crippen LogP contribution >= 0.6 is 0 Å². The van der Waals surface area contributed by atoms with Gasteiger partial charge in [-0.1, -0.05) is 24.3 Å². The van der Waals surface area contributed by atoms with Crippen LogP contribution in [0.5, 0.6) is 0 Å². The van der Waals surface area contributed by atoms with E-state index >= 15 is 0 Å². The van der Waals surface area contributed by atoms with Crippen LogP contribution < -0.4 is 11.1 Å². The Bertz CT molecular complexity index is 742. The predicted molar refractivity (Wildman–Crippen MR) is 90.5 cm³/mol. The summed E-state index contributed by atoms with van der Waals surface area (Å²) in [4.78, 5) is 40.7. The standard InChI is InChI=1S/C18H22N4O3/c19-13-6-9-21(10-7-13)15(23)11-22-16(24)18(20-17(22)25)8-5-12-3-1-2-4-14(12)18/h1-4,13H,5-11,19H2,(H,20,25). The molecule has 2 heterocycles. The molecule has 7 nitrogen and oxygen atoms in total. The minimum absolute atomic E-state index is 0.124. The van der Waals surface area contributed by atoms with Gasteiger partial charge in [-0.05, 0) is 36.8 Å². The van der Waals surface area contributed by atoms with Crippen molar-refractivity contribution in [2.24, 2.45) is 5.73 Å². The van der Waals surface area contributed by atoms with Crippen LogP contribution in [0.3, 0.4) is 0 Å². The van der Waals surface area contributed by atoms with Crippen molar-refractivity contribution in [3.63, 3.8) is 0 Å².